The minimum Gasteiger partial charge on any atom is -0.755 e. The Hall–Kier alpha value is -3.30. The van der Waals surface area contributed by atoms with E-state index in [9.17, 15) is 27.4 Å². The van der Waals surface area contributed by atoms with Crippen LogP contribution in [0, 0.1) is 11.6 Å². The van der Waals surface area contributed by atoms with E-state index in [4.69, 9.17) is 5.11 Å². The summed E-state index contributed by atoms with van der Waals surface area (Å²) in [6, 6.07) is 11.8. The topological polar surface area (TPSA) is 101 Å². The van der Waals surface area contributed by atoms with Gasteiger partial charge in [0.05, 0.1) is 22.6 Å². The number of carboxylic acids is 1. The predicted molar refractivity (Wildman–Crippen MR) is 97.9 cm³/mol. The zero-order valence-corrected chi connectivity index (χ0v) is 14.8. The molecule has 6 nitrogen and oxygen atoms in total. The molecule has 144 valence electrons. The van der Waals surface area contributed by atoms with Crippen LogP contribution in [0.2, 0.25) is 0 Å². The zero-order chi connectivity index (χ0) is 20.4. The second-order valence-corrected chi connectivity index (χ2v) is 6.49. The molecule has 3 aromatic rings. The van der Waals surface area contributed by atoms with Crippen molar-refractivity contribution in [2.45, 2.75) is 0 Å². The van der Waals surface area contributed by atoms with E-state index in [1.165, 1.54) is 30.3 Å². The highest BCUT2D eigenvalue weighted by molar-refractivity contribution is 7.81. The van der Waals surface area contributed by atoms with Gasteiger partial charge in [-0.3, -0.25) is 8.51 Å². The summed E-state index contributed by atoms with van der Waals surface area (Å²) in [6.45, 7) is 0. The van der Waals surface area contributed by atoms with Gasteiger partial charge in [0.2, 0.25) is 0 Å². The number of aromatic carboxylic acids is 1. The third-order valence-corrected chi connectivity index (χ3v) is 4.64. The Balaban J connectivity index is 2.09. The maximum Gasteiger partial charge on any atom is 0.339 e. The number of phenols is 1. The molecule has 2 N–H and O–H groups in total. The van der Waals surface area contributed by atoms with E-state index < -0.39 is 40.2 Å². The first-order chi connectivity index (χ1) is 13.3. The maximum absolute atomic E-state index is 14.1. The number of hydrogen-bond donors (Lipinski definition) is 2. The number of aromatic hydroxyl groups is 1. The van der Waals surface area contributed by atoms with Crippen LogP contribution in [0.4, 0.5) is 20.2 Å². The molecule has 1 atom stereocenters. The van der Waals surface area contributed by atoms with E-state index in [2.05, 4.69) is 0 Å². The van der Waals surface area contributed by atoms with Gasteiger partial charge in [-0.2, -0.15) is 0 Å². The van der Waals surface area contributed by atoms with Crippen LogP contribution in [0.15, 0.2) is 60.7 Å². The van der Waals surface area contributed by atoms with Gasteiger partial charge in [-0.15, -0.1) is 0 Å². The summed E-state index contributed by atoms with van der Waals surface area (Å²) in [7, 11) is 0. The first kappa shape index (κ1) is 19.5. The molecule has 0 bridgehead atoms. The van der Waals surface area contributed by atoms with Crippen LogP contribution in [0.1, 0.15) is 10.4 Å². The molecule has 0 amide bonds. The minimum atomic E-state index is -2.85. The Morgan fingerprint density at radius 1 is 1.00 bits per heavy atom. The number of halogens is 2. The summed E-state index contributed by atoms with van der Waals surface area (Å²) in [4.78, 5) is 11.0. The normalized spacial score (nSPS) is 11.8. The van der Waals surface area contributed by atoms with Crippen molar-refractivity contribution in [2.24, 2.45) is 0 Å². The summed E-state index contributed by atoms with van der Waals surface area (Å²) in [6.07, 6.45) is 0. The maximum atomic E-state index is 14.1. The van der Waals surface area contributed by atoms with Crippen molar-refractivity contribution in [3.8, 4) is 16.9 Å². The van der Waals surface area contributed by atoms with Gasteiger partial charge in [0.15, 0.2) is 0 Å². The van der Waals surface area contributed by atoms with Crippen molar-refractivity contribution < 1.29 is 32.6 Å². The number of nitrogens with zero attached hydrogens (tertiary/aromatic N) is 1. The number of rotatable bonds is 5. The summed E-state index contributed by atoms with van der Waals surface area (Å²) < 4.78 is 51.9. The van der Waals surface area contributed by atoms with Gasteiger partial charge in [-0.05, 0) is 48.0 Å². The van der Waals surface area contributed by atoms with Gasteiger partial charge in [-0.1, -0.05) is 12.1 Å². The van der Waals surface area contributed by atoms with E-state index in [0.717, 1.165) is 34.6 Å². The van der Waals surface area contributed by atoms with Crippen LogP contribution < -0.4 is 4.31 Å². The molecule has 0 aromatic heterocycles. The molecule has 0 heterocycles. The number of anilines is 2. The molecular weight excluding hydrogens is 392 g/mol. The fraction of sp³-hybridized carbons (Fsp3) is 0. The number of carboxylic acid groups (broad SMARTS) is 1. The molecule has 1 unspecified atom stereocenters. The highest BCUT2D eigenvalue weighted by atomic mass is 32.2. The molecule has 0 aliphatic rings. The molecule has 0 radical (unpaired) electrons. The molecule has 0 saturated heterocycles. The monoisotopic (exact) mass is 404 g/mol. The van der Waals surface area contributed by atoms with Gasteiger partial charge in [0.25, 0.3) is 0 Å². The lowest BCUT2D eigenvalue weighted by Gasteiger charge is -2.27. The second kappa shape index (κ2) is 7.75. The third-order valence-electron chi connectivity index (χ3n) is 3.92. The first-order valence-corrected chi connectivity index (χ1v) is 8.82. The lowest BCUT2D eigenvalue weighted by Crippen LogP contribution is -2.19. The molecule has 0 fully saturated rings. The van der Waals surface area contributed by atoms with Crippen molar-refractivity contribution >= 4 is 28.6 Å². The van der Waals surface area contributed by atoms with Gasteiger partial charge in [-0.25, -0.2) is 13.6 Å². The Morgan fingerprint density at radius 3 is 2.36 bits per heavy atom. The average molecular weight is 404 g/mol. The Bertz CT molecular complexity index is 1090. The average Bonchev–Trinajstić information content (AvgIpc) is 2.63. The molecule has 28 heavy (non-hydrogen) atoms. The quantitative estimate of drug-likeness (QED) is 0.627. The summed E-state index contributed by atoms with van der Waals surface area (Å²) in [5.41, 5.74) is -0.167. The third kappa shape index (κ3) is 3.85. The van der Waals surface area contributed by atoms with Crippen LogP contribution in [0.25, 0.3) is 11.1 Å². The lowest BCUT2D eigenvalue weighted by atomic mass is 10.0. The SMILES string of the molecule is O=C(O)c1ccc(N(c2cccc(-c3cc(F)ccc3F)c2)S(=O)[O-])cc1O. The smallest absolute Gasteiger partial charge is 0.339 e. The zero-order valence-electron chi connectivity index (χ0n) is 14.0. The largest absolute Gasteiger partial charge is 0.755 e. The number of benzene rings is 3. The van der Waals surface area contributed by atoms with Crippen molar-refractivity contribution in [1.82, 2.24) is 0 Å². The Labute approximate surface area is 160 Å². The van der Waals surface area contributed by atoms with Crippen molar-refractivity contribution in [2.75, 3.05) is 4.31 Å². The van der Waals surface area contributed by atoms with Gasteiger partial charge >= 0.3 is 5.97 Å². The highest BCUT2D eigenvalue weighted by Crippen LogP contribution is 2.34. The second-order valence-electron chi connectivity index (χ2n) is 5.69. The minimum absolute atomic E-state index is 0.0345. The van der Waals surface area contributed by atoms with Crippen molar-refractivity contribution in [3.63, 3.8) is 0 Å². The number of hydrogen-bond acceptors (Lipinski definition) is 4. The van der Waals surface area contributed by atoms with Crippen LogP contribution in [0.5, 0.6) is 5.75 Å². The Morgan fingerprint density at radius 2 is 1.71 bits per heavy atom. The lowest BCUT2D eigenvalue weighted by molar-refractivity contribution is 0.0693. The van der Waals surface area contributed by atoms with Gasteiger partial charge in [0, 0.05) is 11.6 Å². The van der Waals surface area contributed by atoms with E-state index in [0.29, 0.717) is 0 Å². The predicted octanol–water partition coefficient (Wildman–Crippen LogP) is 3.97. The molecule has 0 aliphatic carbocycles. The van der Waals surface area contributed by atoms with Gasteiger partial charge < -0.3 is 14.8 Å². The number of carbonyl (C=O) groups is 1. The summed E-state index contributed by atoms with van der Waals surface area (Å²) in [5.74, 6) is -3.33. The molecule has 9 heteroatoms. The van der Waals surface area contributed by atoms with E-state index in [-0.39, 0.29) is 22.5 Å². The van der Waals surface area contributed by atoms with E-state index in [1.54, 1.807) is 0 Å². The van der Waals surface area contributed by atoms with E-state index >= 15 is 0 Å². The van der Waals surface area contributed by atoms with Crippen LogP contribution in [-0.4, -0.2) is 24.9 Å². The molecule has 3 aromatic carbocycles. The van der Waals surface area contributed by atoms with Gasteiger partial charge in [0.1, 0.15) is 22.9 Å². The molecule has 3 rings (SSSR count). The molecule has 0 saturated carbocycles. The summed E-state index contributed by atoms with van der Waals surface area (Å²) in [5, 5.41) is 18.8. The first-order valence-electron chi connectivity index (χ1n) is 7.79. The van der Waals surface area contributed by atoms with Crippen LogP contribution >= 0.6 is 0 Å². The van der Waals surface area contributed by atoms with Crippen molar-refractivity contribution in [3.05, 3.63) is 77.9 Å². The molecule has 0 aliphatic heterocycles. The van der Waals surface area contributed by atoms with Crippen LogP contribution in [-0.2, 0) is 11.3 Å². The van der Waals surface area contributed by atoms with Crippen LogP contribution in [0.3, 0.4) is 0 Å². The fourth-order valence-corrected chi connectivity index (χ4v) is 3.24. The molecule has 0 spiro atoms. The standard InChI is InChI=1S/C19H13F2NO5S/c20-12-4-7-17(21)16(9-12)11-2-1-3-13(8-11)22(28(26)27)14-5-6-15(19(24)25)18(23)10-14/h1-10,23H,(H,24,25)(H,26,27)/p-1. The van der Waals surface area contributed by atoms with E-state index in [1.807, 2.05) is 0 Å². The highest BCUT2D eigenvalue weighted by Gasteiger charge is 2.17. The molecular formula is C19H12F2NO5S-. The fourth-order valence-electron chi connectivity index (χ4n) is 2.67. The Kier molecular flexibility index (Phi) is 5.39. The van der Waals surface area contributed by atoms with Crippen molar-refractivity contribution in [1.29, 1.82) is 0 Å². The summed E-state index contributed by atoms with van der Waals surface area (Å²) >= 11 is -2.85.